The van der Waals surface area contributed by atoms with Crippen LogP contribution < -0.4 is 5.32 Å². The average molecular weight is 393 g/mol. The Hall–Kier alpha value is -1.69. The first-order valence-corrected chi connectivity index (χ1v) is 9.49. The highest BCUT2D eigenvalue weighted by molar-refractivity contribution is 7.80. The molecule has 0 radical (unpaired) electrons. The largest absolute Gasteiger partial charge is 0.376 e. The number of halogens is 2. The summed E-state index contributed by atoms with van der Waals surface area (Å²) in [7, 11) is 0. The highest BCUT2D eigenvalue weighted by Gasteiger charge is 2.22. The van der Waals surface area contributed by atoms with E-state index in [1.165, 1.54) is 6.07 Å². The lowest BCUT2D eigenvalue weighted by Gasteiger charge is -2.29. The number of benzene rings is 2. The molecule has 1 saturated heterocycles. The second-order valence-electron chi connectivity index (χ2n) is 6.45. The molecule has 3 rings (SSSR count). The second-order valence-corrected chi connectivity index (χ2v) is 7.24. The molecule has 1 atom stereocenters. The molecule has 1 N–H and O–H groups in total. The van der Waals surface area contributed by atoms with Crippen LogP contribution in [0.3, 0.4) is 0 Å². The van der Waals surface area contributed by atoms with E-state index in [1.807, 2.05) is 36.1 Å². The molecule has 1 aliphatic rings. The maximum Gasteiger partial charge on any atom is 0.173 e. The standard InChI is InChI=1S/C20H22ClFN2OS/c1-14-17(21)8-4-10-19(14)23-20(26)24(13-16-7-5-11-25-16)12-15-6-2-3-9-18(15)22/h2-4,6,8-10,16H,5,7,11-13H2,1H3,(H,23,26). The number of rotatable bonds is 5. The summed E-state index contributed by atoms with van der Waals surface area (Å²) in [5.74, 6) is -0.230. The molecule has 2 aromatic rings. The number of thiocarbonyl (C=S) groups is 1. The molecule has 0 saturated carbocycles. The molecule has 0 spiro atoms. The number of nitrogens with one attached hydrogen (secondary N) is 1. The smallest absolute Gasteiger partial charge is 0.173 e. The van der Waals surface area contributed by atoms with Crippen LogP contribution >= 0.6 is 23.8 Å². The second kappa shape index (κ2) is 8.80. The van der Waals surface area contributed by atoms with Crippen molar-refractivity contribution < 1.29 is 9.13 Å². The minimum Gasteiger partial charge on any atom is -0.376 e. The molecule has 26 heavy (non-hydrogen) atoms. The van der Waals surface area contributed by atoms with Crippen molar-refractivity contribution in [3.63, 3.8) is 0 Å². The Morgan fingerprint density at radius 2 is 2.12 bits per heavy atom. The minimum absolute atomic E-state index is 0.113. The molecular formula is C20H22ClFN2OS. The first-order chi connectivity index (χ1) is 12.5. The summed E-state index contributed by atoms with van der Waals surface area (Å²) in [6.07, 6.45) is 2.15. The van der Waals surface area contributed by atoms with Crippen LogP contribution in [-0.4, -0.2) is 29.3 Å². The first kappa shape index (κ1) is 19.1. The minimum atomic E-state index is -0.230. The van der Waals surface area contributed by atoms with Gasteiger partial charge < -0.3 is 15.0 Å². The summed E-state index contributed by atoms with van der Waals surface area (Å²) in [5, 5.41) is 4.47. The van der Waals surface area contributed by atoms with Gasteiger partial charge in [0.2, 0.25) is 0 Å². The van der Waals surface area contributed by atoms with E-state index in [1.54, 1.807) is 12.1 Å². The van der Waals surface area contributed by atoms with E-state index >= 15 is 0 Å². The van der Waals surface area contributed by atoms with Crippen LogP contribution in [0, 0.1) is 12.7 Å². The lowest BCUT2D eigenvalue weighted by atomic mass is 10.1. The number of ether oxygens (including phenoxy) is 1. The fourth-order valence-corrected chi connectivity index (χ4v) is 3.45. The van der Waals surface area contributed by atoms with Crippen molar-refractivity contribution in [2.75, 3.05) is 18.5 Å². The van der Waals surface area contributed by atoms with Gasteiger partial charge in [0.1, 0.15) is 5.82 Å². The van der Waals surface area contributed by atoms with Crippen molar-refractivity contribution in [2.24, 2.45) is 0 Å². The first-order valence-electron chi connectivity index (χ1n) is 8.70. The Morgan fingerprint density at radius 1 is 1.31 bits per heavy atom. The van der Waals surface area contributed by atoms with Crippen molar-refractivity contribution in [3.8, 4) is 0 Å². The molecule has 0 aromatic heterocycles. The van der Waals surface area contributed by atoms with Crippen LogP contribution in [0.5, 0.6) is 0 Å². The molecule has 2 aromatic carbocycles. The third kappa shape index (κ3) is 4.72. The van der Waals surface area contributed by atoms with Gasteiger partial charge in [-0.05, 0) is 55.7 Å². The molecule has 1 aliphatic heterocycles. The molecule has 1 heterocycles. The van der Waals surface area contributed by atoms with E-state index < -0.39 is 0 Å². The summed E-state index contributed by atoms with van der Waals surface area (Å²) in [6, 6.07) is 12.4. The quantitative estimate of drug-likeness (QED) is 0.710. The van der Waals surface area contributed by atoms with Crippen molar-refractivity contribution in [3.05, 3.63) is 64.4 Å². The van der Waals surface area contributed by atoms with Gasteiger partial charge in [-0.3, -0.25) is 0 Å². The van der Waals surface area contributed by atoms with Gasteiger partial charge in [0.25, 0.3) is 0 Å². The van der Waals surface area contributed by atoms with Gasteiger partial charge >= 0.3 is 0 Å². The SMILES string of the molecule is Cc1c(Cl)cccc1NC(=S)N(Cc1ccccc1F)CC1CCCO1. The molecule has 3 nitrogen and oxygen atoms in total. The van der Waals surface area contributed by atoms with E-state index in [2.05, 4.69) is 5.32 Å². The Morgan fingerprint density at radius 3 is 2.85 bits per heavy atom. The van der Waals surface area contributed by atoms with Gasteiger partial charge in [0.15, 0.2) is 5.11 Å². The van der Waals surface area contributed by atoms with E-state index in [9.17, 15) is 4.39 Å². The molecule has 138 valence electrons. The fourth-order valence-electron chi connectivity index (χ4n) is 3.02. The molecule has 6 heteroatoms. The predicted octanol–water partition coefficient (Wildman–Crippen LogP) is 5.17. The number of hydrogen-bond donors (Lipinski definition) is 1. The monoisotopic (exact) mass is 392 g/mol. The zero-order valence-electron chi connectivity index (χ0n) is 14.7. The van der Waals surface area contributed by atoms with Gasteiger partial charge in [-0.2, -0.15) is 0 Å². The van der Waals surface area contributed by atoms with Crippen LogP contribution in [-0.2, 0) is 11.3 Å². The normalized spacial score (nSPS) is 16.5. The average Bonchev–Trinajstić information content (AvgIpc) is 3.13. The van der Waals surface area contributed by atoms with Gasteiger partial charge in [-0.1, -0.05) is 35.9 Å². The number of anilines is 1. The zero-order chi connectivity index (χ0) is 18.5. The highest BCUT2D eigenvalue weighted by Crippen LogP contribution is 2.24. The van der Waals surface area contributed by atoms with E-state index in [0.29, 0.717) is 28.8 Å². The Balaban J connectivity index is 1.78. The Labute approximate surface area is 164 Å². The third-order valence-corrected chi connectivity index (χ3v) is 5.33. The van der Waals surface area contributed by atoms with Crippen molar-refractivity contribution in [2.45, 2.75) is 32.4 Å². The van der Waals surface area contributed by atoms with Gasteiger partial charge in [-0.15, -0.1) is 0 Å². The van der Waals surface area contributed by atoms with Gasteiger partial charge in [-0.25, -0.2) is 4.39 Å². The van der Waals surface area contributed by atoms with Crippen LogP contribution in [0.4, 0.5) is 10.1 Å². The molecule has 1 unspecified atom stereocenters. The lowest BCUT2D eigenvalue weighted by Crippen LogP contribution is -2.39. The maximum atomic E-state index is 14.1. The lowest BCUT2D eigenvalue weighted by molar-refractivity contribution is 0.0903. The highest BCUT2D eigenvalue weighted by atomic mass is 35.5. The summed E-state index contributed by atoms with van der Waals surface area (Å²) in [6.45, 7) is 3.72. The summed E-state index contributed by atoms with van der Waals surface area (Å²) in [5.41, 5.74) is 2.39. The fraction of sp³-hybridized carbons (Fsp3) is 0.350. The molecule has 0 amide bonds. The van der Waals surface area contributed by atoms with Crippen LogP contribution in [0.15, 0.2) is 42.5 Å². The van der Waals surface area contributed by atoms with E-state index in [0.717, 1.165) is 30.7 Å². The third-order valence-electron chi connectivity index (χ3n) is 4.56. The van der Waals surface area contributed by atoms with Gasteiger partial charge in [0, 0.05) is 36.0 Å². The van der Waals surface area contributed by atoms with Crippen molar-refractivity contribution >= 4 is 34.6 Å². The number of hydrogen-bond acceptors (Lipinski definition) is 2. The van der Waals surface area contributed by atoms with Crippen LogP contribution in [0.2, 0.25) is 5.02 Å². The van der Waals surface area contributed by atoms with Crippen molar-refractivity contribution in [1.29, 1.82) is 0 Å². The van der Waals surface area contributed by atoms with E-state index in [-0.39, 0.29) is 11.9 Å². The van der Waals surface area contributed by atoms with E-state index in [4.69, 9.17) is 28.6 Å². The molecule has 1 fully saturated rings. The van der Waals surface area contributed by atoms with Gasteiger partial charge in [0.05, 0.1) is 6.10 Å². The number of nitrogens with zero attached hydrogens (tertiary/aromatic N) is 1. The van der Waals surface area contributed by atoms with Crippen molar-refractivity contribution in [1.82, 2.24) is 4.90 Å². The summed E-state index contributed by atoms with van der Waals surface area (Å²) < 4.78 is 19.9. The molecular weight excluding hydrogens is 371 g/mol. The maximum absolute atomic E-state index is 14.1. The predicted molar refractivity (Wildman–Crippen MR) is 108 cm³/mol. The topological polar surface area (TPSA) is 24.5 Å². The van der Waals surface area contributed by atoms with Crippen LogP contribution in [0.1, 0.15) is 24.0 Å². The molecule has 0 bridgehead atoms. The Bertz CT molecular complexity index is 780. The summed E-state index contributed by atoms with van der Waals surface area (Å²) in [4.78, 5) is 1.96. The molecule has 0 aliphatic carbocycles. The Kier molecular flexibility index (Phi) is 6.46. The summed E-state index contributed by atoms with van der Waals surface area (Å²) >= 11 is 11.8. The zero-order valence-corrected chi connectivity index (χ0v) is 16.2. The van der Waals surface area contributed by atoms with Crippen LogP contribution in [0.25, 0.3) is 0 Å².